The summed E-state index contributed by atoms with van der Waals surface area (Å²) in [4.78, 5) is 25.8. The molecule has 0 bridgehead atoms. The minimum Gasteiger partial charge on any atom is -0.497 e. The zero-order valence-corrected chi connectivity index (χ0v) is 18.4. The number of para-hydroxylation sites is 1. The average Bonchev–Trinajstić information content (AvgIpc) is 3.23. The number of ketones is 1. The fourth-order valence-corrected chi connectivity index (χ4v) is 4.39. The number of rotatable bonds is 9. The van der Waals surface area contributed by atoms with E-state index in [1.54, 1.807) is 35.9 Å². The smallest absolute Gasteiger partial charge is 0.262 e. The number of fused-ring (bicyclic) bond motifs is 3. The summed E-state index contributed by atoms with van der Waals surface area (Å²) in [6.45, 7) is 2.72. The fourth-order valence-electron chi connectivity index (χ4n) is 3.56. The van der Waals surface area contributed by atoms with Crippen LogP contribution in [0.15, 0.2) is 58.5 Å². The van der Waals surface area contributed by atoms with E-state index in [9.17, 15) is 9.59 Å². The number of hydrogen-bond donors (Lipinski definition) is 0. The second-order valence-electron chi connectivity index (χ2n) is 7.24. The number of benzene rings is 2. The number of methoxy groups -OCH3 is 1. The number of nitrogens with zero attached hydrogens (tertiary/aromatic N) is 4. The lowest BCUT2D eigenvalue weighted by Crippen LogP contribution is -2.23. The van der Waals surface area contributed by atoms with E-state index in [-0.39, 0.29) is 17.1 Å². The van der Waals surface area contributed by atoms with Crippen LogP contribution >= 0.6 is 11.8 Å². The minimum absolute atomic E-state index is 0.0266. The minimum atomic E-state index is -0.0596. The van der Waals surface area contributed by atoms with E-state index in [0.29, 0.717) is 34.2 Å². The maximum absolute atomic E-state index is 13.1. The van der Waals surface area contributed by atoms with Crippen molar-refractivity contribution in [1.82, 2.24) is 19.2 Å². The highest BCUT2D eigenvalue weighted by Gasteiger charge is 2.18. The molecular formula is C23H24N4O3S. The topological polar surface area (TPSA) is 78.5 Å². The standard InChI is InChI=1S/C23H24N4O3S/c1-3-4-7-13-26-21(29)18-11-5-6-12-19(18)27-22(26)24-25-23(27)31-15-20(28)16-9-8-10-17(14-16)30-2/h5-6,8-12,14H,3-4,7,13,15H2,1-2H3. The van der Waals surface area contributed by atoms with Crippen LogP contribution in [0.3, 0.4) is 0 Å². The third-order valence-corrected chi connectivity index (χ3v) is 6.12. The third kappa shape index (κ3) is 4.20. The van der Waals surface area contributed by atoms with E-state index in [1.807, 2.05) is 28.7 Å². The van der Waals surface area contributed by atoms with Gasteiger partial charge in [0.1, 0.15) is 5.75 Å². The van der Waals surface area contributed by atoms with Gasteiger partial charge in [-0.15, -0.1) is 10.2 Å². The van der Waals surface area contributed by atoms with Gasteiger partial charge in [-0.3, -0.25) is 18.6 Å². The molecule has 4 aromatic rings. The van der Waals surface area contributed by atoms with Gasteiger partial charge in [0.15, 0.2) is 10.9 Å². The highest BCUT2D eigenvalue weighted by molar-refractivity contribution is 7.99. The molecule has 0 fully saturated rings. The predicted octanol–water partition coefficient (Wildman–Crippen LogP) is 4.22. The van der Waals surface area contributed by atoms with Gasteiger partial charge >= 0.3 is 0 Å². The largest absolute Gasteiger partial charge is 0.497 e. The van der Waals surface area contributed by atoms with Gasteiger partial charge in [-0.25, -0.2) is 0 Å². The lowest BCUT2D eigenvalue weighted by molar-refractivity contribution is 0.102. The van der Waals surface area contributed by atoms with Crippen molar-refractivity contribution < 1.29 is 9.53 Å². The molecule has 0 aliphatic rings. The second kappa shape index (κ2) is 9.34. The van der Waals surface area contributed by atoms with Crippen LogP contribution in [-0.2, 0) is 6.54 Å². The van der Waals surface area contributed by atoms with Crippen LogP contribution in [0.25, 0.3) is 16.7 Å². The number of aromatic nitrogens is 4. The van der Waals surface area contributed by atoms with Crippen molar-refractivity contribution in [2.45, 2.75) is 37.9 Å². The van der Waals surface area contributed by atoms with Crippen molar-refractivity contribution >= 4 is 34.2 Å². The Labute approximate surface area is 184 Å². The molecular weight excluding hydrogens is 412 g/mol. The van der Waals surface area contributed by atoms with Gasteiger partial charge < -0.3 is 4.74 Å². The summed E-state index contributed by atoms with van der Waals surface area (Å²) < 4.78 is 8.78. The van der Waals surface area contributed by atoms with E-state index in [4.69, 9.17) is 4.74 Å². The third-order valence-electron chi connectivity index (χ3n) is 5.19. The zero-order valence-electron chi connectivity index (χ0n) is 17.6. The molecule has 2 heterocycles. The summed E-state index contributed by atoms with van der Waals surface area (Å²) in [5.41, 5.74) is 1.27. The number of hydrogen-bond acceptors (Lipinski definition) is 6. The lowest BCUT2D eigenvalue weighted by atomic mass is 10.1. The van der Waals surface area contributed by atoms with Gasteiger partial charge in [0, 0.05) is 12.1 Å². The number of Topliss-reactive ketones (excluding diaryl/α,β-unsaturated/α-hetero) is 1. The Kier molecular flexibility index (Phi) is 6.36. The normalized spacial score (nSPS) is 11.3. The SMILES string of the molecule is CCCCCn1c(=O)c2ccccc2n2c(SCC(=O)c3cccc(OC)c3)nnc12. The molecule has 160 valence electrons. The number of unbranched alkanes of at least 4 members (excludes halogenated alkanes) is 2. The maximum Gasteiger partial charge on any atom is 0.262 e. The molecule has 2 aromatic carbocycles. The van der Waals surface area contributed by atoms with E-state index in [2.05, 4.69) is 17.1 Å². The monoisotopic (exact) mass is 436 g/mol. The molecule has 0 aliphatic carbocycles. The molecule has 0 unspecified atom stereocenters. The Balaban J connectivity index is 1.70. The Bertz CT molecular complexity index is 1300. The first-order valence-electron chi connectivity index (χ1n) is 10.3. The molecule has 0 spiro atoms. The second-order valence-corrected chi connectivity index (χ2v) is 8.19. The van der Waals surface area contributed by atoms with Gasteiger partial charge in [-0.05, 0) is 30.7 Å². The molecule has 4 rings (SSSR count). The van der Waals surface area contributed by atoms with Gasteiger partial charge in [0.25, 0.3) is 5.56 Å². The van der Waals surface area contributed by atoms with Crippen molar-refractivity contribution in [3.05, 3.63) is 64.4 Å². The van der Waals surface area contributed by atoms with Gasteiger partial charge in [-0.1, -0.05) is 55.8 Å². The Morgan fingerprint density at radius 1 is 1.10 bits per heavy atom. The zero-order chi connectivity index (χ0) is 21.8. The molecule has 0 aliphatic heterocycles. The summed E-state index contributed by atoms with van der Waals surface area (Å²) in [6, 6.07) is 14.6. The molecule has 8 heteroatoms. The van der Waals surface area contributed by atoms with Crippen molar-refractivity contribution in [2.24, 2.45) is 0 Å². The molecule has 0 saturated heterocycles. The van der Waals surface area contributed by atoms with Crippen LogP contribution < -0.4 is 10.3 Å². The number of aryl methyl sites for hydroxylation is 1. The first-order valence-corrected chi connectivity index (χ1v) is 11.3. The Morgan fingerprint density at radius 3 is 2.74 bits per heavy atom. The maximum atomic E-state index is 13.1. The number of thioether (sulfide) groups is 1. The van der Waals surface area contributed by atoms with E-state index in [0.717, 1.165) is 24.8 Å². The Hall–Kier alpha value is -3.13. The summed E-state index contributed by atoms with van der Waals surface area (Å²) in [6.07, 6.45) is 3.00. The van der Waals surface area contributed by atoms with Gasteiger partial charge in [-0.2, -0.15) is 0 Å². The van der Waals surface area contributed by atoms with Crippen LogP contribution in [0.5, 0.6) is 5.75 Å². The van der Waals surface area contributed by atoms with Crippen molar-refractivity contribution in [1.29, 1.82) is 0 Å². The molecule has 0 atom stereocenters. The molecule has 0 radical (unpaired) electrons. The van der Waals surface area contributed by atoms with Gasteiger partial charge in [0.2, 0.25) is 5.78 Å². The number of carbonyl (C=O) groups excluding carboxylic acids is 1. The van der Waals surface area contributed by atoms with Crippen LogP contribution in [-0.4, -0.2) is 37.8 Å². The van der Waals surface area contributed by atoms with Crippen molar-refractivity contribution in [3.63, 3.8) is 0 Å². The molecule has 7 nitrogen and oxygen atoms in total. The number of ether oxygens (including phenoxy) is 1. The molecule has 0 amide bonds. The lowest BCUT2D eigenvalue weighted by Gasteiger charge is -2.11. The highest BCUT2D eigenvalue weighted by atomic mass is 32.2. The van der Waals surface area contributed by atoms with Crippen molar-refractivity contribution in [3.8, 4) is 5.75 Å². The molecule has 0 N–H and O–H groups in total. The van der Waals surface area contributed by atoms with E-state index >= 15 is 0 Å². The number of carbonyl (C=O) groups is 1. The van der Waals surface area contributed by atoms with E-state index < -0.39 is 0 Å². The quantitative estimate of drug-likeness (QED) is 0.222. The predicted molar refractivity (Wildman–Crippen MR) is 122 cm³/mol. The first kappa shape index (κ1) is 21.1. The molecule has 31 heavy (non-hydrogen) atoms. The first-order chi connectivity index (χ1) is 15.1. The summed E-state index contributed by atoms with van der Waals surface area (Å²) >= 11 is 1.31. The molecule has 0 saturated carbocycles. The van der Waals surface area contributed by atoms with Gasteiger partial charge in [0.05, 0.1) is 23.8 Å². The van der Waals surface area contributed by atoms with Crippen LogP contribution in [0, 0.1) is 0 Å². The fraction of sp³-hybridized carbons (Fsp3) is 0.304. The molecule has 2 aromatic heterocycles. The van der Waals surface area contributed by atoms with Crippen LogP contribution in [0.1, 0.15) is 36.5 Å². The summed E-state index contributed by atoms with van der Waals surface area (Å²) in [7, 11) is 1.58. The van der Waals surface area contributed by atoms with Crippen LogP contribution in [0.2, 0.25) is 0 Å². The van der Waals surface area contributed by atoms with Crippen molar-refractivity contribution in [2.75, 3.05) is 12.9 Å². The van der Waals surface area contributed by atoms with E-state index in [1.165, 1.54) is 11.8 Å². The Morgan fingerprint density at radius 2 is 1.94 bits per heavy atom. The van der Waals surface area contributed by atoms with Crippen LogP contribution in [0.4, 0.5) is 0 Å². The average molecular weight is 437 g/mol. The summed E-state index contributed by atoms with van der Waals surface area (Å²) in [5.74, 6) is 1.33. The summed E-state index contributed by atoms with van der Waals surface area (Å²) in [5, 5.41) is 9.83. The highest BCUT2D eigenvalue weighted by Crippen LogP contribution is 2.23.